The molecule has 0 radical (unpaired) electrons. The molecule has 0 spiro atoms. The molecule has 3 amide bonds. The van der Waals surface area contributed by atoms with Gasteiger partial charge in [-0.2, -0.15) is 0 Å². The van der Waals surface area contributed by atoms with Crippen molar-refractivity contribution in [2.24, 2.45) is 5.73 Å². The minimum Gasteiger partial charge on any atom is -0.449 e. The molecule has 30 heavy (non-hydrogen) atoms. The maximum Gasteiger partial charge on any atom is 0.341 e. The number of nitrogens with two attached hydrogens (primary N) is 1. The lowest BCUT2D eigenvalue weighted by Gasteiger charge is -2.17. The second kappa shape index (κ2) is 8.95. The van der Waals surface area contributed by atoms with Gasteiger partial charge in [-0.25, -0.2) is 18.0 Å². The molecule has 2 aromatic carbocycles. The highest BCUT2D eigenvalue weighted by atomic mass is 32.2. The topological polar surface area (TPSA) is 145 Å². The monoisotopic (exact) mass is 433 g/mol. The highest BCUT2D eigenvalue weighted by molar-refractivity contribution is 7.92. The molecule has 10 heteroatoms. The van der Waals surface area contributed by atoms with Gasteiger partial charge in [-0.15, -0.1) is 0 Å². The molecule has 0 aromatic heterocycles. The third-order valence-electron chi connectivity index (χ3n) is 4.16. The molecule has 2 rings (SSSR count). The number of carbonyl (C=O) groups excluding carboxylic acids is 3. The minimum absolute atomic E-state index is 0.00983. The van der Waals surface area contributed by atoms with Crippen LogP contribution in [0.1, 0.15) is 34.0 Å². The van der Waals surface area contributed by atoms with E-state index in [4.69, 9.17) is 10.5 Å². The van der Waals surface area contributed by atoms with Gasteiger partial charge in [0.05, 0.1) is 16.1 Å². The number of hydrogen-bond acceptors (Lipinski definition) is 6. The predicted octanol–water partition coefficient (Wildman–Crippen LogP) is 2.15. The zero-order chi connectivity index (χ0) is 22.6. The molecule has 1 unspecified atom stereocenters. The Morgan fingerprint density at radius 1 is 1.03 bits per heavy atom. The second-order valence-corrected chi connectivity index (χ2v) is 8.40. The number of imide groups is 1. The van der Waals surface area contributed by atoms with Crippen LogP contribution in [0, 0.1) is 20.8 Å². The smallest absolute Gasteiger partial charge is 0.341 e. The summed E-state index contributed by atoms with van der Waals surface area (Å²) in [5.41, 5.74) is 6.82. The van der Waals surface area contributed by atoms with Crippen LogP contribution in [0.5, 0.6) is 0 Å². The average Bonchev–Trinajstić information content (AvgIpc) is 2.59. The predicted molar refractivity (Wildman–Crippen MR) is 111 cm³/mol. The van der Waals surface area contributed by atoms with E-state index < -0.39 is 34.0 Å². The Kier molecular flexibility index (Phi) is 6.83. The summed E-state index contributed by atoms with van der Waals surface area (Å²) in [4.78, 5) is 35.1. The van der Waals surface area contributed by atoms with E-state index in [9.17, 15) is 22.8 Å². The van der Waals surface area contributed by atoms with Gasteiger partial charge in [0.15, 0.2) is 6.10 Å². The van der Waals surface area contributed by atoms with Gasteiger partial charge in [0.2, 0.25) is 0 Å². The summed E-state index contributed by atoms with van der Waals surface area (Å²) in [6, 6.07) is 8.24. The first-order valence-corrected chi connectivity index (χ1v) is 10.4. The zero-order valence-corrected chi connectivity index (χ0v) is 17.8. The number of rotatable bonds is 6. The van der Waals surface area contributed by atoms with E-state index in [1.54, 1.807) is 37.4 Å². The van der Waals surface area contributed by atoms with Crippen molar-refractivity contribution < 1.29 is 27.5 Å². The molecular weight excluding hydrogens is 410 g/mol. The largest absolute Gasteiger partial charge is 0.449 e. The average molecular weight is 433 g/mol. The summed E-state index contributed by atoms with van der Waals surface area (Å²) < 4.78 is 33.5. The molecule has 2 aromatic rings. The molecule has 0 aliphatic heterocycles. The standard InChI is InChI=1S/C20H23N3O6S/c1-11-9-12(2)17(13(3)10-11)30(27,28)23-16-8-6-5-7-15(16)19(25)29-14(4)18(24)22-20(21)26/h5-10,14,23H,1-4H3,(H3,21,22,24,26). The van der Waals surface area contributed by atoms with Crippen LogP contribution in [0.2, 0.25) is 0 Å². The molecule has 0 saturated heterocycles. The van der Waals surface area contributed by atoms with Crippen LogP contribution in [0.4, 0.5) is 10.5 Å². The van der Waals surface area contributed by atoms with Crippen molar-refractivity contribution in [1.29, 1.82) is 0 Å². The van der Waals surface area contributed by atoms with E-state index in [0.717, 1.165) is 5.56 Å². The van der Waals surface area contributed by atoms with E-state index in [1.807, 2.05) is 6.92 Å². The lowest BCUT2D eigenvalue weighted by molar-refractivity contribution is -0.127. The molecule has 0 bridgehead atoms. The highest BCUT2D eigenvalue weighted by Gasteiger charge is 2.25. The van der Waals surface area contributed by atoms with Gasteiger partial charge in [0.1, 0.15) is 0 Å². The lowest BCUT2D eigenvalue weighted by Crippen LogP contribution is -2.42. The fourth-order valence-corrected chi connectivity index (χ4v) is 4.57. The summed E-state index contributed by atoms with van der Waals surface area (Å²) in [7, 11) is -4.01. The zero-order valence-electron chi connectivity index (χ0n) is 17.0. The van der Waals surface area contributed by atoms with Crippen molar-refractivity contribution in [1.82, 2.24) is 5.32 Å². The number of sulfonamides is 1. The van der Waals surface area contributed by atoms with E-state index >= 15 is 0 Å². The first kappa shape index (κ1) is 22.9. The first-order chi connectivity index (χ1) is 13.9. The Morgan fingerprint density at radius 3 is 2.17 bits per heavy atom. The van der Waals surface area contributed by atoms with Crippen LogP contribution in [0.15, 0.2) is 41.3 Å². The quantitative estimate of drug-likeness (QED) is 0.595. The number of para-hydroxylation sites is 1. The number of ether oxygens (including phenoxy) is 1. The van der Waals surface area contributed by atoms with Crippen molar-refractivity contribution in [2.75, 3.05) is 4.72 Å². The van der Waals surface area contributed by atoms with Crippen LogP contribution in [0.3, 0.4) is 0 Å². The number of aryl methyl sites for hydroxylation is 3. The number of esters is 1. The van der Waals surface area contributed by atoms with Crippen LogP contribution >= 0.6 is 0 Å². The summed E-state index contributed by atoms with van der Waals surface area (Å²) in [6.07, 6.45) is -1.32. The molecule has 0 aliphatic carbocycles. The van der Waals surface area contributed by atoms with Crippen LogP contribution in [-0.2, 0) is 19.6 Å². The van der Waals surface area contributed by atoms with E-state index in [-0.39, 0.29) is 16.1 Å². The van der Waals surface area contributed by atoms with Crippen LogP contribution < -0.4 is 15.8 Å². The van der Waals surface area contributed by atoms with E-state index in [2.05, 4.69) is 4.72 Å². The number of urea groups is 1. The van der Waals surface area contributed by atoms with Gasteiger partial charge in [-0.05, 0) is 51.0 Å². The summed E-state index contributed by atoms with van der Waals surface area (Å²) in [5, 5.41) is 1.80. The van der Waals surface area contributed by atoms with E-state index in [1.165, 1.54) is 25.1 Å². The number of amides is 3. The van der Waals surface area contributed by atoms with Gasteiger partial charge < -0.3 is 10.5 Å². The second-order valence-electron chi connectivity index (χ2n) is 6.78. The number of nitrogens with one attached hydrogen (secondary N) is 2. The number of benzene rings is 2. The van der Waals surface area contributed by atoms with Crippen molar-refractivity contribution in [3.8, 4) is 0 Å². The van der Waals surface area contributed by atoms with Gasteiger partial charge in [0, 0.05) is 0 Å². The number of primary amides is 1. The number of hydrogen-bond donors (Lipinski definition) is 3. The fraction of sp³-hybridized carbons (Fsp3) is 0.250. The molecule has 0 aliphatic rings. The summed E-state index contributed by atoms with van der Waals surface area (Å²) in [5.74, 6) is -1.85. The third-order valence-corrected chi connectivity index (χ3v) is 5.83. The summed E-state index contributed by atoms with van der Waals surface area (Å²) in [6.45, 7) is 6.49. The molecule has 0 fully saturated rings. The Labute approximate surface area is 174 Å². The van der Waals surface area contributed by atoms with Crippen LogP contribution in [0.25, 0.3) is 0 Å². The van der Waals surface area contributed by atoms with Crippen molar-refractivity contribution in [3.63, 3.8) is 0 Å². The molecule has 0 heterocycles. The van der Waals surface area contributed by atoms with Crippen LogP contribution in [-0.4, -0.2) is 32.4 Å². The third kappa shape index (κ3) is 5.35. The van der Waals surface area contributed by atoms with E-state index in [0.29, 0.717) is 11.1 Å². The summed E-state index contributed by atoms with van der Waals surface area (Å²) >= 11 is 0. The molecule has 0 saturated carbocycles. The highest BCUT2D eigenvalue weighted by Crippen LogP contribution is 2.26. The van der Waals surface area contributed by atoms with Gasteiger partial charge >= 0.3 is 12.0 Å². The molecule has 1 atom stereocenters. The Balaban J connectivity index is 2.32. The Morgan fingerprint density at radius 2 is 1.60 bits per heavy atom. The number of anilines is 1. The molecule has 9 nitrogen and oxygen atoms in total. The first-order valence-electron chi connectivity index (χ1n) is 8.93. The normalized spacial score (nSPS) is 12.0. The van der Waals surface area contributed by atoms with Gasteiger partial charge in [-0.1, -0.05) is 29.8 Å². The SMILES string of the molecule is Cc1cc(C)c(S(=O)(=O)Nc2ccccc2C(=O)OC(C)C(=O)NC(N)=O)c(C)c1. The van der Waals surface area contributed by atoms with Crippen molar-refractivity contribution >= 4 is 33.6 Å². The number of carbonyl (C=O) groups is 3. The molecular formula is C20H23N3O6S. The van der Waals surface area contributed by atoms with Gasteiger partial charge in [-0.3, -0.25) is 14.8 Å². The molecule has 4 N–H and O–H groups in total. The van der Waals surface area contributed by atoms with Gasteiger partial charge in [0.25, 0.3) is 15.9 Å². The van der Waals surface area contributed by atoms with Crippen molar-refractivity contribution in [3.05, 3.63) is 58.7 Å². The Hall–Kier alpha value is -3.40. The van der Waals surface area contributed by atoms with Crippen molar-refractivity contribution in [2.45, 2.75) is 38.7 Å². The Bertz CT molecular complexity index is 1090. The maximum atomic E-state index is 13.0. The molecule has 160 valence electrons. The fourth-order valence-electron chi connectivity index (χ4n) is 3.04. The lowest BCUT2D eigenvalue weighted by atomic mass is 10.1. The minimum atomic E-state index is -4.01. The maximum absolute atomic E-state index is 13.0.